The number of likely N-dealkylation sites (N-methyl/N-ethyl adjacent to an activating group) is 1. The van der Waals surface area contributed by atoms with Gasteiger partial charge in [-0.2, -0.15) is 0 Å². The Labute approximate surface area is 108 Å². The van der Waals surface area contributed by atoms with Crippen LogP contribution in [0.5, 0.6) is 0 Å². The van der Waals surface area contributed by atoms with Gasteiger partial charge in [0.1, 0.15) is 0 Å². The molecule has 0 aromatic carbocycles. The molecule has 0 aromatic heterocycles. The summed E-state index contributed by atoms with van der Waals surface area (Å²) in [6, 6.07) is 2.04. The molecule has 0 amide bonds. The zero-order valence-electron chi connectivity index (χ0n) is 12.4. The Morgan fingerprint density at radius 3 is 2.59 bits per heavy atom. The molecule has 1 aliphatic heterocycles. The van der Waals surface area contributed by atoms with Gasteiger partial charge in [-0.25, -0.2) is 0 Å². The molecule has 17 heavy (non-hydrogen) atoms. The Morgan fingerprint density at radius 1 is 1.29 bits per heavy atom. The summed E-state index contributed by atoms with van der Waals surface area (Å²) in [6.07, 6.45) is 3.82. The second-order valence-corrected chi connectivity index (χ2v) is 5.69. The van der Waals surface area contributed by atoms with E-state index >= 15 is 0 Å². The van der Waals surface area contributed by atoms with Crippen LogP contribution in [0, 0.1) is 0 Å². The van der Waals surface area contributed by atoms with Gasteiger partial charge in [0.25, 0.3) is 0 Å². The summed E-state index contributed by atoms with van der Waals surface area (Å²) in [7, 11) is 4.32. The number of rotatable bonds is 5. The van der Waals surface area contributed by atoms with E-state index in [2.05, 4.69) is 50.0 Å². The number of hydrogen-bond donors (Lipinski definition) is 1. The van der Waals surface area contributed by atoms with E-state index in [-0.39, 0.29) is 0 Å². The van der Waals surface area contributed by atoms with E-state index in [1.165, 1.54) is 38.9 Å². The topological polar surface area (TPSA) is 18.5 Å². The molecule has 0 aromatic rings. The van der Waals surface area contributed by atoms with E-state index in [1.54, 1.807) is 0 Å². The fourth-order valence-corrected chi connectivity index (χ4v) is 2.97. The first kappa shape index (κ1) is 14.9. The molecular formula is C14H31N3. The summed E-state index contributed by atoms with van der Waals surface area (Å²) in [4.78, 5) is 5.22. The van der Waals surface area contributed by atoms with E-state index in [0.717, 1.165) is 6.04 Å². The molecule has 0 spiro atoms. The Hall–Kier alpha value is -0.120. The highest BCUT2D eigenvalue weighted by atomic mass is 15.2. The summed E-state index contributed by atoms with van der Waals surface area (Å²) in [5, 5.41) is 3.36. The summed E-state index contributed by atoms with van der Waals surface area (Å²) in [5.41, 5.74) is 0. The van der Waals surface area contributed by atoms with Crippen molar-refractivity contribution in [1.82, 2.24) is 15.1 Å². The average Bonchev–Trinajstić information content (AvgIpc) is 2.50. The van der Waals surface area contributed by atoms with Crippen LogP contribution in [0.2, 0.25) is 0 Å². The average molecular weight is 241 g/mol. The smallest absolute Gasteiger partial charge is 0.0223 e. The molecule has 0 radical (unpaired) electrons. The zero-order valence-corrected chi connectivity index (χ0v) is 12.4. The van der Waals surface area contributed by atoms with Crippen molar-refractivity contribution in [3.63, 3.8) is 0 Å². The Kier molecular flexibility index (Phi) is 6.45. The molecule has 3 heteroatoms. The zero-order chi connectivity index (χ0) is 12.8. The number of nitrogens with one attached hydrogen (secondary N) is 1. The minimum absolute atomic E-state index is 0.614. The van der Waals surface area contributed by atoms with Gasteiger partial charge in [0.15, 0.2) is 0 Å². The summed E-state index contributed by atoms with van der Waals surface area (Å²) in [6.45, 7) is 10.7. The van der Waals surface area contributed by atoms with Crippen molar-refractivity contribution in [3.8, 4) is 0 Å². The molecule has 1 saturated heterocycles. The first-order valence-electron chi connectivity index (χ1n) is 7.20. The lowest BCUT2D eigenvalue weighted by Crippen LogP contribution is -2.46. The van der Waals surface area contributed by atoms with Crippen molar-refractivity contribution >= 4 is 0 Å². The highest BCUT2D eigenvalue weighted by Crippen LogP contribution is 2.17. The van der Waals surface area contributed by atoms with Crippen molar-refractivity contribution < 1.29 is 0 Å². The highest BCUT2D eigenvalue weighted by Gasteiger charge is 2.26. The molecule has 1 aliphatic rings. The van der Waals surface area contributed by atoms with Crippen molar-refractivity contribution in [2.45, 2.75) is 58.2 Å². The predicted molar refractivity (Wildman–Crippen MR) is 75.5 cm³/mol. The van der Waals surface area contributed by atoms with Crippen molar-refractivity contribution in [1.29, 1.82) is 0 Å². The Morgan fingerprint density at radius 2 is 2.00 bits per heavy atom. The Balaban J connectivity index is 2.58. The number of nitrogens with zero attached hydrogens (tertiary/aromatic N) is 2. The molecule has 1 rings (SSSR count). The van der Waals surface area contributed by atoms with Gasteiger partial charge in [0.05, 0.1) is 0 Å². The van der Waals surface area contributed by atoms with Gasteiger partial charge >= 0.3 is 0 Å². The fourth-order valence-electron chi connectivity index (χ4n) is 2.97. The highest BCUT2D eigenvalue weighted by molar-refractivity contribution is 4.83. The van der Waals surface area contributed by atoms with Gasteiger partial charge in [-0.1, -0.05) is 6.92 Å². The van der Waals surface area contributed by atoms with E-state index < -0.39 is 0 Å². The maximum Gasteiger partial charge on any atom is 0.0223 e. The molecule has 0 bridgehead atoms. The van der Waals surface area contributed by atoms with Gasteiger partial charge in [0, 0.05) is 24.7 Å². The lowest BCUT2D eigenvalue weighted by atomic mass is 10.0. The quantitative estimate of drug-likeness (QED) is 0.792. The summed E-state index contributed by atoms with van der Waals surface area (Å²) in [5.74, 6) is 0. The first-order valence-corrected chi connectivity index (χ1v) is 7.20. The fraction of sp³-hybridized carbons (Fsp3) is 1.00. The van der Waals surface area contributed by atoms with Crippen molar-refractivity contribution in [2.75, 3.05) is 33.7 Å². The molecule has 1 heterocycles. The summed E-state index contributed by atoms with van der Waals surface area (Å²) < 4.78 is 0. The molecule has 102 valence electrons. The lowest BCUT2D eigenvalue weighted by molar-refractivity contribution is 0.125. The van der Waals surface area contributed by atoms with Crippen LogP contribution in [-0.2, 0) is 0 Å². The predicted octanol–water partition coefficient (Wildman–Crippen LogP) is 1.79. The van der Waals surface area contributed by atoms with Gasteiger partial charge in [-0.15, -0.1) is 0 Å². The van der Waals surface area contributed by atoms with E-state index in [4.69, 9.17) is 0 Å². The van der Waals surface area contributed by atoms with Gasteiger partial charge < -0.3 is 10.2 Å². The van der Waals surface area contributed by atoms with Crippen LogP contribution < -0.4 is 5.32 Å². The third-order valence-corrected chi connectivity index (χ3v) is 4.17. The van der Waals surface area contributed by atoms with Gasteiger partial charge in [-0.05, 0) is 60.3 Å². The third-order valence-electron chi connectivity index (χ3n) is 4.17. The summed E-state index contributed by atoms with van der Waals surface area (Å²) >= 11 is 0. The standard InChI is InChI=1S/C14H31N3/c1-6-14-11-16(5)8-7-9-17(14)13(3)10-12(2)15-4/h12-15H,6-11H2,1-5H3. The van der Waals surface area contributed by atoms with E-state index in [0.29, 0.717) is 12.1 Å². The molecule has 0 aliphatic carbocycles. The largest absolute Gasteiger partial charge is 0.317 e. The minimum atomic E-state index is 0.614. The van der Waals surface area contributed by atoms with Crippen LogP contribution in [0.25, 0.3) is 0 Å². The van der Waals surface area contributed by atoms with Crippen LogP contribution in [0.3, 0.4) is 0 Å². The van der Waals surface area contributed by atoms with Crippen molar-refractivity contribution in [2.24, 2.45) is 0 Å². The molecule has 1 fully saturated rings. The van der Waals surface area contributed by atoms with Crippen LogP contribution in [0.1, 0.15) is 40.0 Å². The second-order valence-electron chi connectivity index (χ2n) is 5.69. The van der Waals surface area contributed by atoms with E-state index in [9.17, 15) is 0 Å². The molecule has 0 saturated carbocycles. The van der Waals surface area contributed by atoms with E-state index in [1.807, 2.05) is 0 Å². The van der Waals surface area contributed by atoms with Crippen LogP contribution in [-0.4, -0.2) is 61.7 Å². The maximum atomic E-state index is 3.36. The molecular weight excluding hydrogens is 210 g/mol. The molecule has 3 atom stereocenters. The molecule has 1 N–H and O–H groups in total. The van der Waals surface area contributed by atoms with Gasteiger partial charge in [-0.3, -0.25) is 4.90 Å². The SMILES string of the molecule is CCC1CN(C)CCCN1C(C)CC(C)NC. The monoisotopic (exact) mass is 241 g/mol. The normalized spacial score (nSPS) is 27.7. The first-order chi connectivity index (χ1) is 8.08. The van der Waals surface area contributed by atoms with Crippen molar-refractivity contribution in [3.05, 3.63) is 0 Å². The van der Waals surface area contributed by atoms with Crippen LogP contribution in [0.15, 0.2) is 0 Å². The van der Waals surface area contributed by atoms with Gasteiger partial charge in [0.2, 0.25) is 0 Å². The third kappa shape index (κ3) is 4.57. The molecule has 3 unspecified atom stereocenters. The lowest BCUT2D eigenvalue weighted by Gasteiger charge is -2.36. The Bertz CT molecular complexity index is 208. The molecule has 3 nitrogen and oxygen atoms in total. The number of hydrogen-bond acceptors (Lipinski definition) is 3. The van der Waals surface area contributed by atoms with Crippen LogP contribution in [0.4, 0.5) is 0 Å². The minimum Gasteiger partial charge on any atom is -0.317 e. The maximum absolute atomic E-state index is 3.36. The second kappa shape index (κ2) is 7.34. The van der Waals surface area contributed by atoms with Crippen LogP contribution >= 0.6 is 0 Å².